The summed E-state index contributed by atoms with van der Waals surface area (Å²) in [5.41, 5.74) is 2.93. The average molecular weight is 271 g/mol. The van der Waals surface area contributed by atoms with E-state index in [0.717, 1.165) is 11.1 Å². The molecule has 0 bridgehead atoms. The summed E-state index contributed by atoms with van der Waals surface area (Å²) >= 11 is 0. The van der Waals surface area contributed by atoms with Crippen molar-refractivity contribution < 1.29 is 14.6 Å². The molecule has 0 spiro atoms. The van der Waals surface area contributed by atoms with Gasteiger partial charge in [-0.1, -0.05) is 11.6 Å². The summed E-state index contributed by atoms with van der Waals surface area (Å²) in [6.07, 6.45) is 0. The zero-order valence-corrected chi connectivity index (χ0v) is 11.7. The van der Waals surface area contributed by atoms with E-state index in [1.54, 1.807) is 24.3 Å². The molecular weight excluding hydrogens is 254 g/mol. The monoisotopic (exact) mass is 271 g/mol. The molecule has 0 heterocycles. The lowest BCUT2D eigenvalue weighted by molar-refractivity contribution is 0.102. The fraction of sp³-hybridized carbons (Fsp3) is 0.188. The third-order valence-corrected chi connectivity index (χ3v) is 3.06. The third-order valence-electron chi connectivity index (χ3n) is 3.06. The highest BCUT2D eigenvalue weighted by Crippen LogP contribution is 2.24. The normalized spacial score (nSPS) is 10.2. The second-order valence-corrected chi connectivity index (χ2v) is 4.66. The fourth-order valence-electron chi connectivity index (χ4n) is 1.98. The number of nitrogens with one attached hydrogen (secondary N) is 1. The van der Waals surface area contributed by atoms with Crippen molar-refractivity contribution in [2.24, 2.45) is 0 Å². The number of rotatable bonds is 3. The molecule has 2 aromatic rings. The highest BCUT2D eigenvalue weighted by atomic mass is 16.5. The summed E-state index contributed by atoms with van der Waals surface area (Å²) in [5.74, 6) is 0.470. The van der Waals surface area contributed by atoms with E-state index in [1.807, 2.05) is 19.9 Å². The second-order valence-electron chi connectivity index (χ2n) is 4.66. The van der Waals surface area contributed by atoms with Gasteiger partial charge in [0.2, 0.25) is 0 Å². The van der Waals surface area contributed by atoms with Crippen molar-refractivity contribution in [1.82, 2.24) is 0 Å². The van der Waals surface area contributed by atoms with Crippen LogP contribution in [0.2, 0.25) is 0 Å². The zero-order chi connectivity index (χ0) is 14.7. The smallest absolute Gasteiger partial charge is 0.259 e. The Balaban J connectivity index is 2.30. The molecule has 0 aromatic heterocycles. The van der Waals surface area contributed by atoms with Gasteiger partial charge in [-0.3, -0.25) is 4.79 Å². The molecule has 0 aliphatic heterocycles. The van der Waals surface area contributed by atoms with Crippen LogP contribution >= 0.6 is 0 Å². The number of aromatic hydroxyl groups is 1. The number of aryl methyl sites for hydroxylation is 2. The Hall–Kier alpha value is -2.49. The Labute approximate surface area is 118 Å². The standard InChI is InChI=1S/C16H17NO3/c1-10-4-7-15(20-3)13(8-10)16(19)17-14-6-5-12(18)9-11(14)2/h4-9,18H,1-3H3,(H,17,19). The first-order chi connectivity index (χ1) is 9.51. The second kappa shape index (κ2) is 5.65. The molecule has 0 aliphatic rings. The van der Waals surface area contributed by atoms with E-state index in [-0.39, 0.29) is 11.7 Å². The number of benzene rings is 2. The van der Waals surface area contributed by atoms with Crippen molar-refractivity contribution in [3.05, 3.63) is 53.1 Å². The first kappa shape index (κ1) is 13.9. The Morgan fingerprint density at radius 3 is 2.55 bits per heavy atom. The van der Waals surface area contributed by atoms with Gasteiger partial charge in [-0.15, -0.1) is 0 Å². The van der Waals surface area contributed by atoms with Crippen molar-refractivity contribution in [2.45, 2.75) is 13.8 Å². The van der Waals surface area contributed by atoms with Crippen LogP contribution in [0.3, 0.4) is 0 Å². The fourth-order valence-corrected chi connectivity index (χ4v) is 1.98. The van der Waals surface area contributed by atoms with Gasteiger partial charge in [0.15, 0.2) is 0 Å². The minimum atomic E-state index is -0.237. The zero-order valence-electron chi connectivity index (χ0n) is 11.7. The molecule has 0 aliphatic carbocycles. The van der Waals surface area contributed by atoms with Crippen LogP contribution in [0.15, 0.2) is 36.4 Å². The largest absolute Gasteiger partial charge is 0.508 e. The van der Waals surface area contributed by atoms with Crippen LogP contribution in [-0.4, -0.2) is 18.1 Å². The van der Waals surface area contributed by atoms with E-state index in [0.29, 0.717) is 17.0 Å². The number of phenols is 1. The topological polar surface area (TPSA) is 58.6 Å². The molecule has 0 saturated heterocycles. The SMILES string of the molecule is COc1ccc(C)cc1C(=O)Nc1ccc(O)cc1C. The summed E-state index contributed by atoms with van der Waals surface area (Å²) in [7, 11) is 1.53. The van der Waals surface area contributed by atoms with E-state index in [4.69, 9.17) is 4.74 Å². The molecule has 4 heteroatoms. The minimum Gasteiger partial charge on any atom is -0.508 e. The van der Waals surface area contributed by atoms with Crippen molar-refractivity contribution in [2.75, 3.05) is 12.4 Å². The molecule has 0 fully saturated rings. The van der Waals surface area contributed by atoms with Crippen LogP contribution in [-0.2, 0) is 0 Å². The molecule has 4 nitrogen and oxygen atoms in total. The number of hydrogen-bond acceptors (Lipinski definition) is 3. The lowest BCUT2D eigenvalue weighted by Gasteiger charge is -2.12. The van der Waals surface area contributed by atoms with Crippen molar-refractivity contribution in [3.63, 3.8) is 0 Å². The maximum atomic E-state index is 12.3. The molecule has 2 N–H and O–H groups in total. The first-order valence-corrected chi connectivity index (χ1v) is 6.27. The number of ether oxygens (including phenoxy) is 1. The van der Waals surface area contributed by atoms with Gasteiger partial charge in [0.1, 0.15) is 11.5 Å². The molecule has 2 rings (SSSR count). The number of anilines is 1. The quantitative estimate of drug-likeness (QED) is 0.842. The maximum absolute atomic E-state index is 12.3. The number of hydrogen-bond donors (Lipinski definition) is 2. The van der Waals surface area contributed by atoms with Crippen LogP contribution in [0.5, 0.6) is 11.5 Å². The van der Waals surface area contributed by atoms with Crippen LogP contribution in [0.1, 0.15) is 21.5 Å². The molecular formula is C16H17NO3. The molecule has 0 radical (unpaired) electrons. The molecule has 1 amide bonds. The number of amides is 1. The average Bonchev–Trinajstić information content (AvgIpc) is 2.41. The van der Waals surface area contributed by atoms with Gasteiger partial charge in [-0.05, 0) is 49.7 Å². The van der Waals surface area contributed by atoms with Gasteiger partial charge in [-0.2, -0.15) is 0 Å². The summed E-state index contributed by atoms with van der Waals surface area (Å²) in [5, 5.41) is 12.2. The van der Waals surface area contributed by atoms with Gasteiger partial charge in [0.25, 0.3) is 5.91 Å². The van der Waals surface area contributed by atoms with Gasteiger partial charge < -0.3 is 15.2 Å². The number of phenolic OH excluding ortho intramolecular Hbond substituents is 1. The number of carbonyl (C=O) groups is 1. The van der Waals surface area contributed by atoms with Crippen LogP contribution < -0.4 is 10.1 Å². The molecule has 0 unspecified atom stereocenters. The molecule has 20 heavy (non-hydrogen) atoms. The molecule has 0 saturated carbocycles. The van der Waals surface area contributed by atoms with Gasteiger partial charge in [0, 0.05) is 5.69 Å². The molecule has 2 aromatic carbocycles. The Kier molecular flexibility index (Phi) is 3.94. The maximum Gasteiger partial charge on any atom is 0.259 e. The summed E-state index contributed by atoms with van der Waals surface area (Å²) < 4.78 is 5.21. The van der Waals surface area contributed by atoms with E-state index >= 15 is 0 Å². The first-order valence-electron chi connectivity index (χ1n) is 6.27. The van der Waals surface area contributed by atoms with Gasteiger partial charge in [-0.25, -0.2) is 0 Å². The predicted octanol–water partition coefficient (Wildman–Crippen LogP) is 3.27. The van der Waals surface area contributed by atoms with E-state index in [9.17, 15) is 9.90 Å². The summed E-state index contributed by atoms with van der Waals surface area (Å²) in [6.45, 7) is 3.74. The summed E-state index contributed by atoms with van der Waals surface area (Å²) in [6, 6.07) is 10.3. The highest BCUT2D eigenvalue weighted by Gasteiger charge is 2.13. The Morgan fingerprint density at radius 1 is 1.15 bits per heavy atom. The van der Waals surface area contributed by atoms with E-state index in [2.05, 4.69) is 5.32 Å². The summed E-state index contributed by atoms with van der Waals surface area (Å²) in [4.78, 5) is 12.3. The van der Waals surface area contributed by atoms with Crippen molar-refractivity contribution in [3.8, 4) is 11.5 Å². The number of methoxy groups -OCH3 is 1. The van der Waals surface area contributed by atoms with Crippen molar-refractivity contribution >= 4 is 11.6 Å². The van der Waals surface area contributed by atoms with E-state index in [1.165, 1.54) is 13.2 Å². The van der Waals surface area contributed by atoms with Crippen LogP contribution in [0, 0.1) is 13.8 Å². The molecule has 104 valence electrons. The lowest BCUT2D eigenvalue weighted by atomic mass is 10.1. The third kappa shape index (κ3) is 2.91. The van der Waals surface area contributed by atoms with E-state index < -0.39 is 0 Å². The lowest BCUT2D eigenvalue weighted by Crippen LogP contribution is -2.14. The Morgan fingerprint density at radius 2 is 1.90 bits per heavy atom. The number of carbonyl (C=O) groups excluding carboxylic acids is 1. The van der Waals surface area contributed by atoms with Crippen LogP contribution in [0.4, 0.5) is 5.69 Å². The molecule has 0 atom stereocenters. The van der Waals surface area contributed by atoms with Crippen molar-refractivity contribution in [1.29, 1.82) is 0 Å². The van der Waals surface area contributed by atoms with Gasteiger partial charge >= 0.3 is 0 Å². The van der Waals surface area contributed by atoms with Gasteiger partial charge in [0.05, 0.1) is 12.7 Å². The van der Waals surface area contributed by atoms with Crippen LogP contribution in [0.25, 0.3) is 0 Å². The highest BCUT2D eigenvalue weighted by molar-refractivity contribution is 6.06. The predicted molar refractivity (Wildman–Crippen MR) is 78.5 cm³/mol. The minimum absolute atomic E-state index is 0.175. The Bertz CT molecular complexity index is 650.